The largest absolute Gasteiger partial charge is 0.369 e. The molecule has 0 spiro atoms. The van der Waals surface area contributed by atoms with Crippen molar-refractivity contribution in [2.24, 2.45) is 0 Å². The van der Waals surface area contributed by atoms with E-state index in [1.165, 1.54) is 31.0 Å². The number of nitrogens with one attached hydrogen (secondary N) is 2. The third-order valence-corrected chi connectivity index (χ3v) is 5.43. The molecule has 1 fully saturated rings. The van der Waals surface area contributed by atoms with E-state index in [4.69, 9.17) is 35.4 Å². The van der Waals surface area contributed by atoms with E-state index in [0.29, 0.717) is 16.1 Å². The van der Waals surface area contributed by atoms with E-state index in [2.05, 4.69) is 34.6 Å². The highest BCUT2D eigenvalue weighted by Crippen LogP contribution is 2.26. The molecule has 0 unspecified atom stereocenters. The summed E-state index contributed by atoms with van der Waals surface area (Å²) in [5.74, 6) is -0.404. The molecule has 1 aliphatic heterocycles. The maximum atomic E-state index is 12.3. The monoisotopic (exact) mass is 421 g/mol. The molecule has 0 aliphatic carbocycles. The van der Waals surface area contributed by atoms with Crippen LogP contribution in [0.15, 0.2) is 42.5 Å². The number of anilines is 2. The van der Waals surface area contributed by atoms with Gasteiger partial charge in [0, 0.05) is 29.0 Å². The van der Waals surface area contributed by atoms with E-state index < -0.39 is 5.91 Å². The molecule has 0 radical (unpaired) electrons. The zero-order chi connectivity index (χ0) is 19.4. The van der Waals surface area contributed by atoms with Crippen LogP contribution in [0.2, 0.25) is 10.0 Å². The smallest absolute Gasteiger partial charge is 0.258 e. The molecule has 2 aromatic rings. The minimum Gasteiger partial charge on any atom is -0.369 e. The van der Waals surface area contributed by atoms with Gasteiger partial charge in [0.2, 0.25) is 0 Å². The van der Waals surface area contributed by atoms with Gasteiger partial charge in [0.05, 0.1) is 10.6 Å². The molecule has 1 aliphatic rings. The van der Waals surface area contributed by atoms with E-state index >= 15 is 0 Å². The van der Waals surface area contributed by atoms with Crippen LogP contribution in [-0.2, 0) is 0 Å². The number of rotatable bonds is 3. The number of hydrogen-bond donors (Lipinski definition) is 2. The van der Waals surface area contributed by atoms with Crippen LogP contribution in [0.4, 0.5) is 11.4 Å². The number of benzene rings is 2. The Labute approximate surface area is 174 Å². The summed E-state index contributed by atoms with van der Waals surface area (Å²) in [6, 6.07) is 13.3. The lowest BCUT2D eigenvalue weighted by Crippen LogP contribution is -2.37. The van der Waals surface area contributed by atoms with Crippen LogP contribution in [-0.4, -0.2) is 23.6 Å². The molecule has 0 saturated carbocycles. The van der Waals surface area contributed by atoms with Crippen molar-refractivity contribution in [2.75, 3.05) is 16.8 Å². The Kier molecular flexibility index (Phi) is 6.58. The number of piperidine rings is 1. The second-order valence-corrected chi connectivity index (χ2v) is 7.87. The summed E-state index contributed by atoms with van der Waals surface area (Å²) in [4.78, 5) is 14.8. The molecule has 1 heterocycles. The third-order valence-electron chi connectivity index (χ3n) is 4.66. The molecule has 1 atom stereocenters. The highest BCUT2D eigenvalue weighted by molar-refractivity contribution is 7.80. The Balaban J connectivity index is 1.60. The van der Waals surface area contributed by atoms with Crippen molar-refractivity contribution in [1.29, 1.82) is 0 Å². The van der Waals surface area contributed by atoms with Crippen molar-refractivity contribution in [3.63, 3.8) is 0 Å². The lowest BCUT2D eigenvalue weighted by molar-refractivity contribution is 0.0978. The lowest BCUT2D eigenvalue weighted by Gasteiger charge is -2.35. The van der Waals surface area contributed by atoms with Gasteiger partial charge in [-0.25, -0.2) is 0 Å². The summed E-state index contributed by atoms with van der Waals surface area (Å²) in [5.41, 5.74) is 2.29. The maximum Gasteiger partial charge on any atom is 0.258 e. The van der Waals surface area contributed by atoms with E-state index in [1.807, 2.05) is 12.1 Å². The first kappa shape index (κ1) is 19.9. The zero-order valence-electron chi connectivity index (χ0n) is 15.0. The molecule has 1 saturated heterocycles. The van der Waals surface area contributed by atoms with Gasteiger partial charge in [0.15, 0.2) is 5.11 Å². The number of carbonyl (C=O) groups is 1. The van der Waals surface area contributed by atoms with E-state index in [9.17, 15) is 4.79 Å². The van der Waals surface area contributed by atoms with Gasteiger partial charge in [0.1, 0.15) is 0 Å². The summed E-state index contributed by atoms with van der Waals surface area (Å²) < 4.78 is 0. The average molecular weight is 422 g/mol. The molecule has 2 N–H and O–H groups in total. The van der Waals surface area contributed by atoms with Crippen molar-refractivity contribution < 1.29 is 4.79 Å². The normalized spacial score (nSPS) is 16.7. The molecule has 0 bridgehead atoms. The molecular formula is C20H21Cl2N3OS. The van der Waals surface area contributed by atoms with Crippen LogP contribution < -0.4 is 15.5 Å². The minimum absolute atomic E-state index is 0.204. The average Bonchev–Trinajstić information content (AvgIpc) is 2.65. The fraction of sp³-hybridized carbons (Fsp3) is 0.300. The number of carbonyl (C=O) groups excluding carboxylic acids is 1. The van der Waals surface area contributed by atoms with E-state index in [1.54, 1.807) is 12.1 Å². The van der Waals surface area contributed by atoms with Gasteiger partial charge in [0.25, 0.3) is 5.91 Å². The summed E-state index contributed by atoms with van der Waals surface area (Å²) in [5, 5.41) is 6.61. The Hall–Kier alpha value is -1.82. The summed E-state index contributed by atoms with van der Waals surface area (Å²) >= 11 is 17.2. The Morgan fingerprint density at radius 1 is 1.15 bits per heavy atom. The van der Waals surface area contributed by atoms with Crippen molar-refractivity contribution in [1.82, 2.24) is 5.32 Å². The Morgan fingerprint density at radius 3 is 2.59 bits per heavy atom. The molecule has 7 heteroatoms. The summed E-state index contributed by atoms with van der Waals surface area (Å²) in [7, 11) is 0. The van der Waals surface area contributed by atoms with E-state index in [-0.39, 0.29) is 10.7 Å². The quantitative estimate of drug-likeness (QED) is 0.642. The van der Waals surface area contributed by atoms with Crippen molar-refractivity contribution in [3.8, 4) is 0 Å². The fourth-order valence-corrected chi connectivity index (χ4v) is 3.81. The van der Waals surface area contributed by atoms with Crippen LogP contribution in [0.1, 0.15) is 36.5 Å². The molecule has 3 rings (SSSR count). The van der Waals surface area contributed by atoms with Crippen molar-refractivity contribution >= 4 is 57.8 Å². The summed E-state index contributed by atoms with van der Waals surface area (Å²) in [6.07, 6.45) is 3.75. The van der Waals surface area contributed by atoms with Crippen molar-refractivity contribution in [2.45, 2.75) is 32.2 Å². The highest BCUT2D eigenvalue weighted by Gasteiger charge is 2.18. The number of nitrogens with zero attached hydrogens (tertiary/aromatic N) is 1. The number of halogens is 2. The first-order chi connectivity index (χ1) is 12.9. The number of thiocarbonyl (C=S) groups is 1. The first-order valence-corrected chi connectivity index (χ1v) is 10.0. The number of hydrogen-bond acceptors (Lipinski definition) is 3. The second-order valence-electron chi connectivity index (χ2n) is 6.62. The molecule has 142 valence electrons. The van der Waals surface area contributed by atoms with Gasteiger partial charge in [-0.05, 0) is 80.9 Å². The predicted octanol–water partition coefficient (Wildman–Crippen LogP) is 5.50. The maximum absolute atomic E-state index is 12.3. The van der Waals surface area contributed by atoms with Gasteiger partial charge in [-0.1, -0.05) is 23.2 Å². The van der Waals surface area contributed by atoms with E-state index in [0.717, 1.165) is 12.2 Å². The van der Waals surface area contributed by atoms with Crippen LogP contribution in [0, 0.1) is 0 Å². The van der Waals surface area contributed by atoms with Gasteiger partial charge in [-0.3, -0.25) is 10.1 Å². The molecule has 2 aromatic carbocycles. The second kappa shape index (κ2) is 8.91. The SMILES string of the molecule is C[C@H]1CCCCN1c1ccc(NC(=S)NC(=O)c2cc(Cl)ccc2Cl)cc1. The topological polar surface area (TPSA) is 44.4 Å². The molecule has 27 heavy (non-hydrogen) atoms. The molecular weight excluding hydrogens is 401 g/mol. The standard InChI is InChI=1S/C20H21Cl2N3OS/c1-13-4-2-3-11-25(13)16-8-6-15(7-9-16)23-20(27)24-19(26)17-12-14(21)5-10-18(17)22/h5-10,12-13H,2-4,11H2,1H3,(H2,23,24,26,27)/t13-/m0/s1. The molecule has 1 amide bonds. The molecule has 0 aromatic heterocycles. The van der Waals surface area contributed by atoms with Crippen molar-refractivity contribution in [3.05, 3.63) is 58.1 Å². The van der Waals surface area contributed by atoms with Gasteiger partial charge in [-0.15, -0.1) is 0 Å². The van der Waals surface area contributed by atoms with Gasteiger partial charge < -0.3 is 10.2 Å². The summed E-state index contributed by atoms with van der Waals surface area (Å²) in [6.45, 7) is 3.35. The Bertz CT molecular complexity index is 842. The fourth-order valence-electron chi connectivity index (χ4n) is 3.22. The lowest BCUT2D eigenvalue weighted by atomic mass is 10.0. The molecule has 4 nitrogen and oxygen atoms in total. The van der Waals surface area contributed by atoms with Crippen LogP contribution in [0.25, 0.3) is 0 Å². The van der Waals surface area contributed by atoms with Crippen LogP contribution >= 0.6 is 35.4 Å². The Morgan fingerprint density at radius 2 is 1.89 bits per heavy atom. The predicted molar refractivity (Wildman–Crippen MR) is 117 cm³/mol. The third kappa shape index (κ3) is 5.12. The van der Waals surface area contributed by atoms with Gasteiger partial charge >= 0.3 is 0 Å². The van der Waals surface area contributed by atoms with Crippen LogP contribution in [0.3, 0.4) is 0 Å². The first-order valence-electron chi connectivity index (χ1n) is 8.88. The minimum atomic E-state index is -0.404. The van der Waals surface area contributed by atoms with Gasteiger partial charge in [-0.2, -0.15) is 0 Å². The zero-order valence-corrected chi connectivity index (χ0v) is 17.3. The van der Waals surface area contributed by atoms with Crippen LogP contribution in [0.5, 0.6) is 0 Å². The highest BCUT2D eigenvalue weighted by atomic mass is 35.5. The number of amides is 1.